The summed E-state index contributed by atoms with van der Waals surface area (Å²) in [6, 6.07) is 5.84. The van der Waals surface area contributed by atoms with Gasteiger partial charge in [-0.1, -0.05) is 23.8 Å². The van der Waals surface area contributed by atoms with Gasteiger partial charge in [0.15, 0.2) is 0 Å². The van der Waals surface area contributed by atoms with Crippen LogP contribution in [0.15, 0.2) is 53.9 Å². The van der Waals surface area contributed by atoms with Crippen LogP contribution in [-0.2, 0) is 4.74 Å². The Morgan fingerprint density at radius 1 is 1.25 bits per heavy atom. The predicted octanol–water partition coefficient (Wildman–Crippen LogP) is 6.20. The Kier molecular flexibility index (Phi) is 7.26. The Morgan fingerprint density at radius 2 is 2.03 bits per heavy atom. The molecule has 0 saturated carbocycles. The van der Waals surface area contributed by atoms with Crippen molar-refractivity contribution in [1.29, 1.82) is 0 Å². The molecule has 3 rings (SSSR count). The van der Waals surface area contributed by atoms with Crippen molar-refractivity contribution >= 4 is 22.7 Å². The zero-order chi connectivity index (χ0) is 23.3. The first-order valence-electron chi connectivity index (χ1n) is 10.7. The zero-order valence-electron chi connectivity index (χ0n) is 19.3. The molecule has 0 N–H and O–H groups in total. The number of rotatable bonds is 8. The fourth-order valence-electron chi connectivity index (χ4n) is 3.33. The first kappa shape index (κ1) is 23.0. The molecule has 2 aromatic heterocycles. The number of hydrogen-bond donors (Lipinski definition) is 0. The summed E-state index contributed by atoms with van der Waals surface area (Å²) in [6.45, 7) is 17.9. The highest BCUT2D eigenvalue weighted by atomic mass is 16.5. The number of nitrogens with zero attached hydrogens (tertiary/aromatic N) is 5. The summed E-state index contributed by atoms with van der Waals surface area (Å²) >= 11 is 0. The molecule has 1 aromatic carbocycles. The zero-order valence-corrected chi connectivity index (χ0v) is 19.3. The molecule has 0 amide bonds. The lowest BCUT2D eigenvalue weighted by atomic mass is 10.1. The highest BCUT2D eigenvalue weighted by molar-refractivity contribution is 5.92. The average Bonchev–Trinajstić information content (AvgIpc) is 3.38. The molecule has 32 heavy (non-hydrogen) atoms. The third kappa shape index (κ3) is 5.33. The van der Waals surface area contributed by atoms with Crippen LogP contribution >= 0.6 is 0 Å². The minimum atomic E-state index is -0.417. The van der Waals surface area contributed by atoms with Crippen molar-refractivity contribution in [2.24, 2.45) is 0 Å². The molecule has 0 aliphatic rings. The maximum atomic E-state index is 12.4. The lowest BCUT2D eigenvalue weighted by Gasteiger charge is -2.05. The van der Waals surface area contributed by atoms with Crippen LogP contribution in [0.25, 0.3) is 21.4 Å². The topological polar surface area (TPSA) is 66.3 Å². The first-order valence-corrected chi connectivity index (χ1v) is 10.7. The van der Waals surface area contributed by atoms with E-state index in [0.29, 0.717) is 11.4 Å². The van der Waals surface area contributed by atoms with Crippen molar-refractivity contribution in [3.05, 3.63) is 70.9 Å². The van der Waals surface area contributed by atoms with Gasteiger partial charge in [0.2, 0.25) is 0 Å². The molecule has 166 valence electrons. The van der Waals surface area contributed by atoms with Crippen molar-refractivity contribution in [2.75, 3.05) is 6.61 Å². The predicted molar refractivity (Wildman–Crippen MR) is 126 cm³/mol. The van der Waals surface area contributed by atoms with E-state index in [4.69, 9.17) is 11.3 Å². The van der Waals surface area contributed by atoms with Crippen LogP contribution in [0.2, 0.25) is 0 Å². The Bertz CT molecular complexity index is 1220. The van der Waals surface area contributed by atoms with Crippen LogP contribution in [0.3, 0.4) is 0 Å². The van der Waals surface area contributed by atoms with E-state index in [1.807, 2.05) is 49.7 Å². The summed E-state index contributed by atoms with van der Waals surface area (Å²) in [4.78, 5) is 15.9. The number of ether oxygens (including phenoxy) is 1. The summed E-state index contributed by atoms with van der Waals surface area (Å²) in [5, 5.41) is 9.47. The van der Waals surface area contributed by atoms with Crippen LogP contribution in [0.4, 0.5) is 5.82 Å². The van der Waals surface area contributed by atoms with Gasteiger partial charge in [-0.3, -0.25) is 0 Å². The van der Waals surface area contributed by atoms with E-state index in [9.17, 15) is 4.79 Å². The summed E-state index contributed by atoms with van der Waals surface area (Å²) in [6.07, 6.45) is 9.20. The van der Waals surface area contributed by atoms with E-state index in [0.717, 1.165) is 29.4 Å². The third-order valence-electron chi connectivity index (χ3n) is 5.09. The van der Waals surface area contributed by atoms with E-state index in [-0.39, 0.29) is 12.6 Å². The summed E-state index contributed by atoms with van der Waals surface area (Å²) < 4.78 is 8.82. The quantitative estimate of drug-likeness (QED) is 0.242. The minimum absolute atomic E-state index is 0.148. The van der Waals surface area contributed by atoms with Crippen LogP contribution in [0, 0.1) is 6.57 Å². The van der Waals surface area contributed by atoms with Crippen LogP contribution in [0.5, 0.6) is 0 Å². The number of benzene rings is 1. The SMILES string of the molecule is [C-]#[N+]c1nn(C(C)C)c2ccc(-n3cc(C(=O)OC/C=C(\C)CCC=C(C)C)cn3)cc12. The van der Waals surface area contributed by atoms with Crippen molar-refractivity contribution in [3.63, 3.8) is 0 Å². The molecule has 0 spiro atoms. The number of fused-ring (bicyclic) bond motifs is 1. The van der Waals surface area contributed by atoms with E-state index in [1.165, 1.54) is 17.3 Å². The van der Waals surface area contributed by atoms with Gasteiger partial charge in [-0.2, -0.15) is 9.78 Å². The van der Waals surface area contributed by atoms with Gasteiger partial charge in [0.25, 0.3) is 0 Å². The van der Waals surface area contributed by atoms with Crippen molar-refractivity contribution in [1.82, 2.24) is 19.6 Å². The van der Waals surface area contributed by atoms with Gasteiger partial charge >= 0.3 is 11.8 Å². The standard InChI is InChI=1S/C25H29N5O2/c1-17(2)8-7-9-19(5)12-13-32-25(31)20-15-27-29(16-20)21-10-11-23-22(14-21)24(26-6)28-30(23)18(3)4/h8,10-12,14-16,18H,7,9,13H2,1-5H3/b19-12+. The largest absolute Gasteiger partial charge is 0.458 e. The highest BCUT2D eigenvalue weighted by Crippen LogP contribution is 2.29. The Morgan fingerprint density at radius 3 is 2.72 bits per heavy atom. The van der Waals surface area contributed by atoms with E-state index in [2.05, 4.69) is 35.0 Å². The van der Waals surface area contributed by atoms with Crippen LogP contribution in [0.1, 0.15) is 63.9 Å². The number of esters is 1. The van der Waals surface area contributed by atoms with Gasteiger partial charge in [0.1, 0.15) is 6.61 Å². The molecule has 0 fully saturated rings. The normalized spacial score (nSPS) is 11.6. The lowest BCUT2D eigenvalue weighted by Crippen LogP contribution is -2.04. The van der Waals surface area contributed by atoms with Gasteiger partial charge in [-0.15, -0.1) is 0 Å². The fraction of sp³-hybridized carbons (Fsp3) is 0.360. The minimum Gasteiger partial charge on any atom is -0.458 e. The molecule has 2 heterocycles. The third-order valence-corrected chi connectivity index (χ3v) is 5.09. The van der Waals surface area contributed by atoms with Gasteiger partial charge in [0, 0.05) is 11.6 Å². The maximum Gasteiger partial charge on any atom is 0.341 e. The second kappa shape index (κ2) is 10.1. The first-order chi connectivity index (χ1) is 15.3. The monoisotopic (exact) mass is 431 g/mol. The van der Waals surface area contributed by atoms with E-state index >= 15 is 0 Å². The number of carbonyl (C=O) groups excluding carboxylic acids is 1. The Balaban J connectivity index is 1.70. The molecule has 7 nitrogen and oxygen atoms in total. The Labute approximate surface area is 188 Å². The van der Waals surface area contributed by atoms with Gasteiger partial charge < -0.3 is 9.58 Å². The summed E-state index contributed by atoms with van der Waals surface area (Å²) in [7, 11) is 0. The summed E-state index contributed by atoms with van der Waals surface area (Å²) in [5.74, 6) is -0.0609. The van der Waals surface area contributed by atoms with Crippen LogP contribution < -0.4 is 0 Å². The van der Waals surface area contributed by atoms with Crippen molar-refractivity contribution < 1.29 is 9.53 Å². The van der Waals surface area contributed by atoms with Crippen LogP contribution in [-0.4, -0.2) is 32.1 Å². The molecule has 3 aromatic rings. The van der Waals surface area contributed by atoms with Gasteiger partial charge in [-0.25, -0.2) is 9.48 Å². The Hall–Kier alpha value is -3.66. The lowest BCUT2D eigenvalue weighted by molar-refractivity contribution is 0.0549. The number of hydrogen-bond acceptors (Lipinski definition) is 4. The van der Waals surface area contributed by atoms with Crippen molar-refractivity contribution in [2.45, 2.75) is 53.5 Å². The molecule has 0 atom stereocenters. The van der Waals surface area contributed by atoms with Crippen molar-refractivity contribution in [3.8, 4) is 5.69 Å². The van der Waals surface area contributed by atoms with Gasteiger partial charge in [-0.05, 0) is 76.8 Å². The number of aromatic nitrogens is 4. The second-order valence-electron chi connectivity index (χ2n) is 8.32. The average molecular weight is 432 g/mol. The molecule has 0 radical (unpaired) electrons. The van der Waals surface area contributed by atoms with E-state index in [1.54, 1.807) is 10.9 Å². The molecule has 0 aliphatic carbocycles. The molecule has 0 unspecified atom stereocenters. The number of carbonyl (C=O) groups is 1. The summed E-state index contributed by atoms with van der Waals surface area (Å²) in [5.41, 5.74) is 4.52. The molecule has 0 bridgehead atoms. The smallest absolute Gasteiger partial charge is 0.341 e. The highest BCUT2D eigenvalue weighted by Gasteiger charge is 2.17. The molecule has 0 aliphatic heterocycles. The van der Waals surface area contributed by atoms with E-state index < -0.39 is 5.97 Å². The maximum absolute atomic E-state index is 12.4. The number of allylic oxidation sites excluding steroid dienone is 3. The molecule has 0 saturated heterocycles. The second-order valence-corrected chi connectivity index (χ2v) is 8.32. The molecular formula is C25H29N5O2. The molecular weight excluding hydrogens is 402 g/mol. The molecule has 7 heteroatoms. The van der Waals surface area contributed by atoms with Gasteiger partial charge in [0.05, 0.1) is 29.0 Å². The fourth-order valence-corrected chi connectivity index (χ4v) is 3.33.